The van der Waals surface area contributed by atoms with Crippen LogP contribution in [0.2, 0.25) is 0 Å². The molecule has 0 radical (unpaired) electrons. The van der Waals surface area contributed by atoms with E-state index in [1.165, 1.54) is 4.90 Å². The van der Waals surface area contributed by atoms with Gasteiger partial charge in [0.1, 0.15) is 6.04 Å². The van der Waals surface area contributed by atoms with Crippen LogP contribution in [-0.4, -0.2) is 32.9 Å². The van der Waals surface area contributed by atoms with E-state index in [0.29, 0.717) is 18.5 Å². The van der Waals surface area contributed by atoms with Crippen molar-refractivity contribution in [1.82, 2.24) is 9.88 Å². The minimum absolute atomic E-state index is 0.250. The monoisotopic (exact) mass is 320 g/mol. The largest absolute Gasteiger partial charge is 0.480 e. The van der Waals surface area contributed by atoms with Crippen molar-refractivity contribution in [3.05, 3.63) is 71.4 Å². The number of nitrogens with zero attached hydrogens (tertiary/aromatic N) is 1. The highest BCUT2D eigenvalue weighted by Crippen LogP contribution is 2.26. The molecule has 2 aromatic carbocycles. The van der Waals surface area contributed by atoms with E-state index in [1.807, 2.05) is 42.6 Å². The molecule has 0 bridgehead atoms. The highest BCUT2D eigenvalue weighted by Gasteiger charge is 2.34. The summed E-state index contributed by atoms with van der Waals surface area (Å²) in [6.45, 7) is 0.317. The minimum atomic E-state index is -0.972. The lowest BCUT2D eigenvalue weighted by Gasteiger charge is -2.34. The van der Waals surface area contributed by atoms with E-state index in [4.69, 9.17) is 0 Å². The van der Waals surface area contributed by atoms with Crippen molar-refractivity contribution in [2.45, 2.75) is 19.0 Å². The molecule has 1 aliphatic heterocycles. The van der Waals surface area contributed by atoms with Gasteiger partial charge in [0.15, 0.2) is 0 Å². The third-order valence-corrected chi connectivity index (χ3v) is 4.59. The van der Waals surface area contributed by atoms with Gasteiger partial charge in [0.25, 0.3) is 5.91 Å². The Morgan fingerprint density at radius 1 is 1.08 bits per heavy atom. The van der Waals surface area contributed by atoms with Crippen LogP contribution in [-0.2, 0) is 17.8 Å². The van der Waals surface area contributed by atoms with Crippen LogP contribution in [0.4, 0.5) is 0 Å². The molecule has 0 spiro atoms. The molecule has 1 aromatic heterocycles. The van der Waals surface area contributed by atoms with Crippen molar-refractivity contribution in [3.63, 3.8) is 0 Å². The number of carbonyl (C=O) groups excluding carboxylic acids is 1. The summed E-state index contributed by atoms with van der Waals surface area (Å²) < 4.78 is 0. The van der Waals surface area contributed by atoms with Gasteiger partial charge < -0.3 is 15.0 Å². The summed E-state index contributed by atoms with van der Waals surface area (Å²) in [6.07, 6.45) is 2.15. The summed E-state index contributed by atoms with van der Waals surface area (Å²) in [6, 6.07) is 14.1. The topological polar surface area (TPSA) is 73.4 Å². The average molecular weight is 320 g/mol. The van der Waals surface area contributed by atoms with Gasteiger partial charge in [-0.25, -0.2) is 4.79 Å². The van der Waals surface area contributed by atoms with Gasteiger partial charge in [-0.1, -0.05) is 24.3 Å². The zero-order chi connectivity index (χ0) is 16.7. The first-order chi connectivity index (χ1) is 11.6. The lowest BCUT2D eigenvalue weighted by atomic mass is 9.93. The van der Waals surface area contributed by atoms with E-state index in [0.717, 1.165) is 22.0 Å². The SMILES string of the molecule is O=C(O)[C@H]1Cc2ccccc2CN1C(=O)c1ccc2[nH]ccc2c1. The first-order valence-corrected chi connectivity index (χ1v) is 7.81. The third kappa shape index (κ3) is 2.34. The molecule has 2 N–H and O–H groups in total. The van der Waals surface area contributed by atoms with Crippen LogP contribution >= 0.6 is 0 Å². The van der Waals surface area contributed by atoms with Crippen LogP contribution in [0.1, 0.15) is 21.5 Å². The Morgan fingerprint density at radius 2 is 1.88 bits per heavy atom. The number of fused-ring (bicyclic) bond motifs is 2. The second-order valence-electron chi connectivity index (χ2n) is 6.04. The van der Waals surface area contributed by atoms with Crippen molar-refractivity contribution in [3.8, 4) is 0 Å². The molecule has 1 amide bonds. The number of aliphatic carboxylic acids is 1. The van der Waals surface area contributed by atoms with E-state index in [-0.39, 0.29) is 5.91 Å². The molecule has 24 heavy (non-hydrogen) atoms. The average Bonchev–Trinajstić information content (AvgIpc) is 3.07. The van der Waals surface area contributed by atoms with E-state index in [1.54, 1.807) is 12.1 Å². The zero-order valence-electron chi connectivity index (χ0n) is 12.9. The highest BCUT2D eigenvalue weighted by atomic mass is 16.4. The molecule has 120 valence electrons. The second kappa shape index (κ2) is 5.53. The van der Waals surface area contributed by atoms with Crippen molar-refractivity contribution in [2.75, 3.05) is 0 Å². The van der Waals surface area contributed by atoms with E-state index < -0.39 is 12.0 Å². The van der Waals surface area contributed by atoms with Crippen LogP contribution in [0, 0.1) is 0 Å². The van der Waals surface area contributed by atoms with Gasteiger partial charge in [0, 0.05) is 35.6 Å². The van der Waals surface area contributed by atoms with Crippen molar-refractivity contribution >= 4 is 22.8 Å². The molecule has 5 heteroatoms. The molecular formula is C19H16N2O3. The number of nitrogens with one attached hydrogen (secondary N) is 1. The number of carboxylic acids is 1. The van der Waals surface area contributed by atoms with E-state index in [2.05, 4.69) is 4.98 Å². The number of aromatic nitrogens is 1. The Balaban J connectivity index is 1.72. The predicted octanol–water partition coefficient (Wildman–Crippen LogP) is 2.82. The van der Waals surface area contributed by atoms with Gasteiger partial charge in [-0.15, -0.1) is 0 Å². The smallest absolute Gasteiger partial charge is 0.326 e. The lowest BCUT2D eigenvalue weighted by Crippen LogP contribution is -2.48. The Kier molecular flexibility index (Phi) is 3.34. The summed E-state index contributed by atoms with van der Waals surface area (Å²) in [4.78, 5) is 29.2. The van der Waals surface area contributed by atoms with E-state index in [9.17, 15) is 14.7 Å². The number of H-pyrrole nitrogens is 1. The van der Waals surface area contributed by atoms with Gasteiger partial charge in [-0.05, 0) is 35.4 Å². The molecule has 4 rings (SSSR count). The normalized spacial score (nSPS) is 16.8. The number of aromatic amines is 1. The van der Waals surface area contributed by atoms with Gasteiger partial charge in [0.05, 0.1) is 0 Å². The maximum absolute atomic E-state index is 12.9. The third-order valence-electron chi connectivity index (χ3n) is 4.59. The van der Waals surface area contributed by atoms with Gasteiger partial charge in [-0.3, -0.25) is 4.79 Å². The summed E-state index contributed by atoms with van der Waals surface area (Å²) >= 11 is 0. The maximum atomic E-state index is 12.9. The Morgan fingerprint density at radius 3 is 2.67 bits per heavy atom. The minimum Gasteiger partial charge on any atom is -0.480 e. The number of amides is 1. The second-order valence-corrected chi connectivity index (χ2v) is 6.04. The van der Waals surface area contributed by atoms with Gasteiger partial charge >= 0.3 is 5.97 Å². The predicted molar refractivity (Wildman–Crippen MR) is 89.7 cm³/mol. The molecule has 2 heterocycles. The van der Waals surface area contributed by atoms with Crippen molar-refractivity contribution in [2.24, 2.45) is 0 Å². The van der Waals surface area contributed by atoms with E-state index >= 15 is 0 Å². The van der Waals surface area contributed by atoms with Crippen LogP contribution in [0.3, 0.4) is 0 Å². The Hall–Kier alpha value is -3.08. The van der Waals surface area contributed by atoms with Crippen LogP contribution < -0.4 is 0 Å². The van der Waals surface area contributed by atoms with Crippen molar-refractivity contribution in [1.29, 1.82) is 0 Å². The Bertz CT molecular complexity index is 944. The summed E-state index contributed by atoms with van der Waals surface area (Å²) in [5.41, 5.74) is 3.46. The van der Waals surface area contributed by atoms with Gasteiger partial charge in [0.2, 0.25) is 0 Å². The fourth-order valence-electron chi connectivity index (χ4n) is 3.31. The first-order valence-electron chi connectivity index (χ1n) is 7.81. The number of rotatable bonds is 2. The first kappa shape index (κ1) is 14.5. The molecule has 0 saturated carbocycles. The van der Waals surface area contributed by atoms with Gasteiger partial charge in [-0.2, -0.15) is 0 Å². The molecule has 0 unspecified atom stereocenters. The maximum Gasteiger partial charge on any atom is 0.326 e. The lowest BCUT2D eigenvalue weighted by molar-refractivity contribution is -0.142. The fraction of sp³-hybridized carbons (Fsp3) is 0.158. The molecule has 1 aliphatic rings. The number of hydrogen-bond acceptors (Lipinski definition) is 2. The number of carbonyl (C=O) groups is 2. The van der Waals surface area contributed by atoms with Crippen LogP contribution in [0.5, 0.6) is 0 Å². The summed E-state index contributed by atoms with van der Waals surface area (Å²) in [5, 5.41) is 10.5. The number of hydrogen-bond donors (Lipinski definition) is 2. The molecule has 0 fully saturated rings. The number of carboxylic acid groups (broad SMARTS) is 1. The fourth-order valence-corrected chi connectivity index (χ4v) is 3.31. The molecule has 3 aromatic rings. The highest BCUT2D eigenvalue weighted by molar-refractivity contribution is 6.00. The van der Waals surface area contributed by atoms with Crippen LogP contribution in [0.15, 0.2) is 54.7 Å². The summed E-state index contributed by atoms with van der Waals surface area (Å²) in [7, 11) is 0. The molecule has 1 atom stereocenters. The zero-order valence-corrected chi connectivity index (χ0v) is 12.9. The molecule has 0 saturated heterocycles. The molecular weight excluding hydrogens is 304 g/mol. The molecule has 0 aliphatic carbocycles. The summed E-state index contributed by atoms with van der Waals surface area (Å²) in [5.74, 6) is -1.22. The number of benzene rings is 2. The van der Waals surface area contributed by atoms with Crippen LogP contribution in [0.25, 0.3) is 10.9 Å². The molecule has 5 nitrogen and oxygen atoms in total. The quantitative estimate of drug-likeness (QED) is 0.762. The standard InChI is InChI=1S/C19H16N2O3/c22-18(14-5-6-16-13(9-14)7-8-20-16)21-11-15-4-2-1-3-12(15)10-17(21)19(23)24/h1-9,17,20H,10-11H2,(H,23,24)/t17-/m1/s1. The van der Waals surface area contributed by atoms with Crippen molar-refractivity contribution < 1.29 is 14.7 Å². The Labute approximate surface area is 138 Å².